The predicted molar refractivity (Wildman–Crippen MR) is 73.1 cm³/mol. The molecule has 4 heteroatoms. The number of nitrogens with two attached hydrogens (primary N) is 1. The normalized spacial score (nSPS) is 21.8. The van der Waals surface area contributed by atoms with Gasteiger partial charge in [0.25, 0.3) is 0 Å². The highest BCUT2D eigenvalue weighted by atomic mass is 16.5. The lowest BCUT2D eigenvalue weighted by Gasteiger charge is -2.34. The lowest BCUT2D eigenvalue weighted by Crippen LogP contribution is -2.39. The van der Waals surface area contributed by atoms with Crippen molar-refractivity contribution in [1.29, 1.82) is 0 Å². The van der Waals surface area contributed by atoms with E-state index in [1.807, 2.05) is 19.1 Å². The van der Waals surface area contributed by atoms with E-state index in [1.54, 1.807) is 7.11 Å². The highest BCUT2D eigenvalue weighted by molar-refractivity contribution is 5.61. The van der Waals surface area contributed by atoms with Crippen molar-refractivity contribution in [3.63, 3.8) is 0 Å². The van der Waals surface area contributed by atoms with Gasteiger partial charge < -0.3 is 20.5 Å². The molecule has 0 spiro atoms. The third-order valence-electron chi connectivity index (χ3n) is 3.46. The molecule has 0 amide bonds. The molecule has 0 saturated carbocycles. The van der Waals surface area contributed by atoms with Gasteiger partial charge in [-0.3, -0.25) is 0 Å². The van der Waals surface area contributed by atoms with E-state index in [-0.39, 0.29) is 12.1 Å². The maximum Gasteiger partial charge on any atom is 0.125 e. The number of benzene rings is 1. The minimum Gasteiger partial charge on any atom is -0.496 e. The average Bonchev–Trinajstić information content (AvgIpc) is 2.37. The summed E-state index contributed by atoms with van der Waals surface area (Å²) < 4.78 is 5.40. The average molecular weight is 250 g/mol. The molecule has 0 aliphatic carbocycles. The number of aliphatic hydroxyl groups excluding tert-OH is 1. The Bertz CT molecular complexity index is 407. The Morgan fingerprint density at radius 2 is 2.28 bits per heavy atom. The summed E-state index contributed by atoms with van der Waals surface area (Å²) in [5, 5.41) is 9.79. The van der Waals surface area contributed by atoms with Crippen LogP contribution in [0.15, 0.2) is 18.2 Å². The summed E-state index contributed by atoms with van der Waals surface area (Å²) in [5.74, 6) is 0.822. The molecular formula is C14H22N2O2. The van der Waals surface area contributed by atoms with Crippen molar-refractivity contribution >= 4 is 5.69 Å². The Kier molecular flexibility index (Phi) is 4.09. The zero-order chi connectivity index (χ0) is 13.1. The molecule has 4 nitrogen and oxygen atoms in total. The van der Waals surface area contributed by atoms with Crippen LogP contribution >= 0.6 is 0 Å². The zero-order valence-electron chi connectivity index (χ0n) is 11.1. The third kappa shape index (κ3) is 2.60. The number of aliphatic hydroxyl groups is 1. The molecule has 18 heavy (non-hydrogen) atoms. The van der Waals surface area contributed by atoms with Crippen molar-refractivity contribution in [3.05, 3.63) is 23.8 Å². The topological polar surface area (TPSA) is 58.7 Å². The number of methoxy groups -OCH3 is 1. The van der Waals surface area contributed by atoms with Crippen molar-refractivity contribution in [2.24, 2.45) is 5.73 Å². The standard InChI is InChI=1S/C14H22N2O2/c1-10(15)14-12(6-3-7-13(14)18-2)16-8-4-5-11(17)9-16/h3,6-7,10-11,17H,4-5,8-9,15H2,1-2H3. The summed E-state index contributed by atoms with van der Waals surface area (Å²) in [6, 6.07) is 5.87. The van der Waals surface area contributed by atoms with Gasteiger partial charge in [-0.15, -0.1) is 0 Å². The van der Waals surface area contributed by atoms with Crippen molar-refractivity contribution in [2.75, 3.05) is 25.1 Å². The van der Waals surface area contributed by atoms with Gasteiger partial charge in [0, 0.05) is 30.4 Å². The van der Waals surface area contributed by atoms with Crippen LogP contribution in [-0.4, -0.2) is 31.4 Å². The van der Waals surface area contributed by atoms with Crippen LogP contribution in [-0.2, 0) is 0 Å². The van der Waals surface area contributed by atoms with Crippen molar-refractivity contribution in [3.8, 4) is 5.75 Å². The van der Waals surface area contributed by atoms with Gasteiger partial charge in [0.05, 0.1) is 13.2 Å². The molecule has 2 unspecified atom stereocenters. The minimum absolute atomic E-state index is 0.0878. The first-order valence-electron chi connectivity index (χ1n) is 6.49. The van der Waals surface area contributed by atoms with E-state index in [9.17, 15) is 5.11 Å². The molecule has 1 saturated heterocycles. The van der Waals surface area contributed by atoms with Gasteiger partial charge in [0.2, 0.25) is 0 Å². The van der Waals surface area contributed by atoms with E-state index in [0.717, 1.165) is 36.4 Å². The van der Waals surface area contributed by atoms with Crippen LogP contribution in [0.4, 0.5) is 5.69 Å². The molecule has 1 aromatic carbocycles. The number of rotatable bonds is 3. The van der Waals surface area contributed by atoms with Gasteiger partial charge in [-0.25, -0.2) is 0 Å². The van der Waals surface area contributed by atoms with E-state index in [0.29, 0.717) is 6.54 Å². The number of β-amino-alcohol motifs (C(OH)–C–C–N with tert-alkyl or cyclic N) is 1. The number of hydrogen-bond donors (Lipinski definition) is 2. The Balaban J connectivity index is 2.36. The molecule has 1 aliphatic heterocycles. The zero-order valence-corrected chi connectivity index (χ0v) is 11.1. The van der Waals surface area contributed by atoms with Crippen molar-refractivity contribution < 1.29 is 9.84 Å². The summed E-state index contributed by atoms with van der Waals surface area (Å²) in [5.41, 5.74) is 8.17. The lowest BCUT2D eigenvalue weighted by atomic mass is 10.0. The summed E-state index contributed by atoms with van der Waals surface area (Å²) in [7, 11) is 1.66. The second-order valence-electron chi connectivity index (χ2n) is 4.92. The van der Waals surface area contributed by atoms with E-state index in [2.05, 4.69) is 11.0 Å². The van der Waals surface area contributed by atoms with Crippen LogP contribution in [0.2, 0.25) is 0 Å². The lowest BCUT2D eigenvalue weighted by molar-refractivity contribution is 0.154. The smallest absolute Gasteiger partial charge is 0.125 e. The second kappa shape index (κ2) is 5.59. The van der Waals surface area contributed by atoms with Crippen LogP contribution in [0.1, 0.15) is 31.4 Å². The largest absolute Gasteiger partial charge is 0.496 e. The number of piperidine rings is 1. The molecule has 0 aromatic heterocycles. The third-order valence-corrected chi connectivity index (χ3v) is 3.46. The first-order valence-corrected chi connectivity index (χ1v) is 6.49. The molecule has 2 atom stereocenters. The van der Waals surface area contributed by atoms with Gasteiger partial charge in [-0.05, 0) is 31.9 Å². The summed E-state index contributed by atoms with van der Waals surface area (Å²) in [6.07, 6.45) is 1.65. The number of nitrogens with zero attached hydrogens (tertiary/aromatic N) is 1. The molecule has 1 aromatic rings. The van der Waals surface area contributed by atoms with Crippen LogP contribution in [0, 0.1) is 0 Å². The van der Waals surface area contributed by atoms with Crippen LogP contribution in [0.25, 0.3) is 0 Å². The highest BCUT2D eigenvalue weighted by Gasteiger charge is 2.22. The molecule has 0 radical (unpaired) electrons. The van der Waals surface area contributed by atoms with Gasteiger partial charge in [-0.1, -0.05) is 6.07 Å². The van der Waals surface area contributed by atoms with E-state index in [4.69, 9.17) is 10.5 Å². The number of ether oxygens (including phenoxy) is 1. The van der Waals surface area contributed by atoms with Crippen LogP contribution in [0.5, 0.6) is 5.75 Å². The first kappa shape index (κ1) is 13.2. The van der Waals surface area contributed by atoms with E-state index >= 15 is 0 Å². The van der Waals surface area contributed by atoms with Gasteiger partial charge >= 0.3 is 0 Å². The molecule has 2 rings (SSSR count). The fourth-order valence-corrected chi connectivity index (χ4v) is 2.62. The molecule has 1 heterocycles. The molecular weight excluding hydrogens is 228 g/mol. The fourth-order valence-electron chi connectivity index (χ4n) is 2.62. The van der Waals surface area contributed by atoms with Crippen LogP contribution < -0.4 is 15.4 Å². The second-order valence-corrected chi connectivity index (χ2v) is 4.92. The highest BCUT2D eigenvalue weighted by Crippen LogP contribution is 2.34. The molecule has 3 N–H and O–H groups in total. The van der Waals surface area contributed by atoms with Crippen LogP contribution in [0.3, 0.4) is 0 Å². The minimum atomic E-state index is -0.245. The maximum atomic E-state index is 9.79. The number of anilines is 1. The van der Waals surface area contributed by atoms with E-state index < -0.39 is 0 Å². The van der Waals surface area contributed by atoms with Gasteiger partial charge in [0.15, 0.2) is 0 Å². The Morgan fingerprint density at radius 3 is 2.89 bits per heavy atom. The van der Waals surface area contributed by atoms with Gasteiger partial charge in [0.1, 0.15) is 5.75 Å². The van der Waals surface area contributed by atoms with Crippen molar-refractivity contribution in [2.45, 2.75) is 31.9 Å². The quantitative estimate of drug-likeness (QED) is 0.857. The first-order chi connectivity index (χ1) is 8.63. The van der Waals surface area contributed by atoms with Gasteiger partial charge in [-0.2, -0.15) is 0 Å². The molecule has 1 fully saturated rings. The predicted octanol–water partition coefficient (Wildman–Crippen LogP) is 1.68. The number of hydrogen-bond acceptors (Lipinski definition) is 4. The maximum absolute atomic E-state index is 9.79. The molecule has 100 valence electrons. The Hall–Kier alpha value is -1.26. The SMILES string of the molecule is COc1cccc(N2CCCC(O)C2)c1C(C)N. The van der Waals surface area contributed by atoms with E-state index in [1.165, 1.54) is 0 Å². The molecule has 1 aliphatic rings. The fraction of sp³-hybridized carbons (Fsp3) is 0.571. The Labute approximate surface area is 108 Å². The molecule has 0 bridgehead atoms. The summed E-state index contributed by atoms with van der Waals surface area (Å²) in [4.78, 5) is 2.20. The summed E-state index contributed by atoms with van der Waals surface area (Å²) in [6.45, 7) is 3.60. The van der Waals surface area contributed by atoms with Crippen molar-refractivity contribution in [1.82, 2.24) is 0 Å². The Morgan fingerprint density at radius 1 is 1.50 bits per heavy atom. The monoisotopic (exact) mass is 250 g/mol. The summed E-state index contributed by atoms with van der Waals surface area (Å²) >= 11 is 0.